The fourth-order valence-electron chi connectivity index (χ4n) is 3.68. The summed E-state index contributed by atoms with van der Waals surface area (Å²) in [4.78, 5) is 2.85. The van der Waals surface area contributed by atoms with Crippen LogP contribution in [-0.4, -0.2) is 36.6 Å². The van der Waals surface area contributed by atoms with E-state index in [1.165, 1.54) is 64.6 Å². The van der Waals surface area contributed by atoms with Crippen LogP contribution in [0, 0.1) is 5.41 Å². The zero-order valence-corrected chi connectivity index (χ0v) is 10.7. The quantitative estimate of drug-likeness (QED) is 0.733. The summed E-state index contributed by atoms with van der Waals surface area (Å²) in [6.07, 6.45) is 10.3. The van der Waals surface area contributed by atoms with E-state index in [0.717, 1.165) is 12.1 Å². The summed E-state index contributed by atoms with van der Waals surface area (Å²) in [6.45, 7) is 6.29. The van der Waals surface area contributed by atoms with Crippen molar-refractivity contribution in [2.45, 2.75) is 64.0 Å². The number of nitrogens with one attached hydrogen (secondary N) is 1. The summed E-state index contributed by atoms with van der Waals surface area (Å²) >= 11 is 0. The minimum Gasteiger partial charge on any atom is -0.315 e. The molecular formula is C14H26N2. The second-order valence-electron chi connectivity index (χ2n) is 6.44. The molecule has 0 bridgehead atoms. The number of nitrogens with zero attached hydrogens (tertiary/aromatic N) is 1. The lowest BCUT2D eigenvalue weighted by atomic mass is 9.92. The van der Waals surface area contributed by atoms with Gasteiger partial charge in [-0.15, -0.1) is 0 Å². The summed E-state index contributed by atoms with van der Waals surface area (Å²) in [6, 6.07) is 1.66. The predicted molar refractivity (Wildman–Crippen MR) is 67.6 cm³/mol. The van der Waals surface area contributed by atoms with Gasteiger partial charge >= 0.3 is 0 Å². The van der Waals surface area contributed by atoms with E-state index < -0.39 is 0 Å². The molecule has 3 aliphatic rings. The maximum atomic E-state index is 3.68. The van der Waals surface area contributed by atoms with Crippen molar-refractivity contribution in [3.63, 3.8) is 0 Å². The fraction of sp³-hybridized carbons (Fsp3) is 1.00. The van der Waals surface area contributed by atoms with Crippen LogP contribution in [0.1, 0.15) is 51.9 Å². The topological polar surface area (TPSA) is 15.3 Å². The first-order chi connectivity index (χ1) is 7.79. The van der Waals surface area contributed by atoms with E-state index in [1.807, 2.05) is 0 Å². The molecule has 2 aliphatic carbocycles. The van der Waals surface area contributed by atoms with Gasteiger partial charge in [-0.2, -0.15) is 0 Å². The molecule has 1 N–H and O–H groups in total. The van der Waals surface area contributed by atoms with Crippen molar-refractivity contribution in [1.29, 1.82) is 0 Å². The lowest BCUT2D eigenvalue weighted by molar-refractivity contribution is 0.103. The minimum absolute atomic E-state index is 0.683. The second-order valence-corrected chi connectivity index (χ2v) is 6.44. The molecule has 1 heterocycles. The van der Waals surface area contributed by atoms with E-state index in [1.54, 1.807) is 0 Å². The average Bonchev–Trinajstić information content (AvgIpc) is 3.09. The highest BCUT2D eigenvalue weighted by Gasteiger charge is 2.46. The standard InChI is InChI=1S/C14H26N2/c1-12-9-15-10-14(7-8-14)11-16(12)13-5-3-2-4-6-13/h12-13,15H,2-11H2,1H3. The van der Waals surface area contributed by atoms with Crippen LogP contribution in [0.5, 0.6) is 0 Å². The Morgan fingerprint density at radius 3 is 2.56 bits per heavy atom. The first-order valence-electron chi connectivity index (χ1n) is 7.26. The van der Waals surface area contributed by atoms with Gasteiger partial charge in [-0.25, -0.2) is 0 Å². The SMILES string of the molecule is CC1CNCC2(CC2)CN1C1CCCCC1. The van der Waals surface area contributed by atoms with E-state index in [2.05, 4.69) is 17.1 Å². The Labute approximate surface area is 99.8 Å². The number of hydrogen-bond donors (Lipinski definition) is 1. The third kappa shape index (κ3) is 2.14. The van der Waals surface area contributed by atoms with Crippen LogP contribution in [0.4, 0.5) is 0 Å². The van der Waals surface area contributed by atoms with Gasteiger partial charge in [0, 0.05) is 31.7 Å². The highest BCUT2D eigenvalue weighted by Crippen LogP contribution is 2.47. The Balaban J connectivity index is 1.69. The Kier molecular flexibility index (Phi) is 2.97. The van der Waals surface area contributed by atoms with Gasteiger partial charge in [-0.3, -0.25) is 4.90 Å². The van der Waals surface area contributed by atoms with Gasteiger partial charge in [0.05, 0.1) is 0 Å². The van der Waals surface area contributed by atoms with Crippen LogP contribution >= 0.6 is 0 Å². The van der Waals surface area contributed by atoms with Gasteiger partial charge in [0.25, 0.3) is 0 Å². The van der Waals surface area contributed by atoms with Gasteiger partial charge < -0.3 is 5.32 Å². The maximum absolute atomic E-state index is 3.68. The van der Waals surface area contributed by atoms with Gasteiger partial charge in [0.1, 0.15) is 0 Å². The lowest BCUT2D eigenvalue weighted by Crippen LogP contribution is -2.46. The highest BCUT2D eigenvalue weighted by molar-refractivity contribution is 5.01. The molecule has 0 radical (unpaired) electrons. The molecule has 16 heavy (non-hydrogen) atoms. The normalized spacial score (nSPS) is 36.2. The first-order valence-corrected chi connectivity index (χ1v) is 7.26. The summed E-state index contributed by atoms with van der Waals surface area (Å²) in [5.74, 6) is 0. The molecule has 3 fully saturated rings. The summed E-state index contributed by atoms with van der Waals surface area (Å²) in [5.41, 5.74) is 0.683. The molecule has 0 aromatic rings. The summed E-state index contributed by atoms with van der Waals surface area (Å²) < 4.78 is 0. The van der Waals surface area contributed by atoms with Crippen LogP contribution in [0.2, 0.25) is 0 Å². The Morgan fingerprint density at radius 2 is 1.88 bits per heavy atom. The summed E-state index contributed by atoms with van der Waals surface area (Å²) in [7, 11) is 0. The third-order valence-electron chi connectivity index (χ3n) is 5.02. The average molecular weight is 222 g/mol. The molecule has 2 heteroatoms. The van der Waals surface area contributed by atoms with Gasteiger partial charge in [0.2, 0.25) is 0 Å². The largest absolute Gasteiger partial charge is 0.315 e. The molecule has 92 valence electrons. The van der Waals surface area contributed by atoms with E-state index in [0.29, 0.717) is 5.41 Å². The van der Waals surface area contributed by atoms with Crippen molar-refractivity contribution >= 4 is 0 Å². The molecule has 1 unspecified atom stereocenters. The van der Waals surface area contributed by atoms with Crippen LogP contribution in [-0.2, 0) is 0 Å². The van der Waals surface area contributed by atoms with Crippen molar-refractivity contribution in [1.82, 2.24) is 10.2 Å². The number of rotatable bonds is 1. The van der Waals surface area contributed by atoms with Crippen molar-refractivity contribution in [2.75, 3.05) is 19.6 Å². The lowest BCUT2D eigenvalue weighted by Gasteiger charge is -2.38. The molecule has 0 amide bonds. The molecule has 1 saturated heterocycles. The van der Waals surface area contributed by atoms with Crippen LogP contribution in [0.25, 0.3) is 0 Å². The number of hydrogen-bond acceptors (Lipinski definition) is 2. The molecule has 3 rings (SSSR count). The maximum Gasteiger partial charge on any atom is 0.0195 e. The fourth-order valence-corrected chi connectivity index (χ4v) is 3.68. The molecular weight excluding hydrogens is 196 g/mol. The van der Waals surface area contributed by atoms with Crippen molar-refractivity contribution in [3.8, 4) is 0 Å². The summed E-state index contributed by atoms with van der Waals surface area (Å²) in [5, 5.41) is 3.68. The Hall–Kier alpha value is -0.0800. The first kappa shape index (κ1) is 11.0. The van der Waals surface area contributed by atoms with Crippen LogP contribution in [0.3, 0.4) is 0 Å². The van der Waals surface area contributed by atoms with Gasteiger partial charge in [-0.05, 0) is 38.0 Å². The van der Waals surface area contributed by atoms with Crippen molar-refractivity contribution < 1.29 is 0 Å². The van der Waals surface area contributed by atoms with Crippen LogP contribution in [0.15, 0.2) is 0 Å². The molecule has 2 saturated carbocycles. The van der Waals surface area contributed by atoms with E-state index in [9.17, 15) is 0 Å². The van der Waals surface area contributed by atoms with Crippen LogP contribution < -0.4 is 5.32 Å². The molecule has 1 atom stereocenters. The van der Waals surface area contributed by atoms with Crippen molar-refractivity contribution in [2.24, 2.45) is 5.41 Å². The minimum atomic E-state index is 0.683. The molecule has 1 spiro atoms. The zero-order chi connectivity index (χ0) is 11.0. The van der Waals surface area contributed by atoms with Gasteiger partial charge in [0.15, 0.2) is 0 Å². The Bertz CT molecular complexity index is 241. The molecule has 0 aromatic carbocycles. The van der Waals surface area contributed by atoms with E-state index in [-0.39, 0.29) is 0 Å². The second kappa shape index (κ2) is 4.30. The zero-order valence-electron chi connectivity index (χ0n) is 10.7. The third-order valence-corrected chi connectivity index (χ3v) is 5.02. The predicted octanol–water partition coefficient (Wildman–Crippen LogP) is 2.39. The van der Waals surface area contributed by atoms with Crippen molar-refractivity contribution in [3.05, 3.63) is 0 Å². The molecule has 0 aromatic heterocycles. The monoisotopic (exact) mass is 222 g/mol. The highest BCUT2D eigenvalue weighted by atomic mass is 15.2. The Morgan fingerprint density at radius 1 is 1.12 bits per heavy atom. The molecule has 2 nitrogen and oxygen atoms in total. The smallest absolute Gasteiger partial charge is 0.0195 e. The van der Waals surface area contributed by atoms with E-state index in [4.69, 9.17) is 0 Å². The van der Waals surface area contributed by atoms with E-state index >= 15 is 0 Å². The molecule has 1 aliphatic heterocycles. The van der Waals surface area contributed by atoms with Gasteiger partial charge in [-0.1, -0.05) is 19.3 Å².